The number of hydrogen-bond donors (Lipinski definition) is 1. The molecule has 0 aromatic carbocycles. The maximum Gasteiger partial charge on any atom is 0.361 e. The third kappa shape index (κ3) is 45.6. The van der Waals surface area contributed by atoms with E-state index >= 15 is 0 Å². The SMILES string of the molecule is CCCCCCC/C=C\C/C=C\CCCCCCCCCCCCCC(=O)OC(COC(=O)CCCCCCCCCCCCCCC)COC(OCC[N+](C)(C)C)C(=O)O. The maximum absolute atomic E-state index is 12.8. The van der Waals surface area contributed by atoms with Crippen molar-refractivity contribution in [3.63, 3.8) is 0 Å². The van der Waals surface area contributed by atoms with Gasteiger partial charge in [0.05, 0.1) is 34.4 Å². The van der Waals surface area contributed by atoms with Crippen LogP contribution in [0.3, 0.4) is 0 Å². The predicted molar refractivity (Wildman–Crippen MR) is 254 cm³/mol. The third-order valence-electron chi connectivity index (χ3n) is 11.2. The van der Waals surface area contributed by atoms with E-state index in [1.807, 2.05) is 21.1 Å². The number of aliphatic carboxylic acids is 1. The van der Waals surface area contributed by atoms with Gasteiger partial charge in [-0.3, -0.25) is 9.59 Å². The molecule has 0 saturated carbocycles. The van der Waals surface area contributed by atoms with E-state index < -0.39 is 24.3 Å². The first-order valence-corrected chi connectivity index (χ1v) is 25.5. The van der Waals surface area contributed by atoms with Crippen molar-refractivity contribution >= 4 is 17.9 Å². The number of hydrogen-bond acceptors (Lipinski definition) is 7. The Labute approximate surface area is 376 Å². The van der Waals surface area contributed by atoms with Crippen LogP contribution in [0, 0.1) is 0 Å². The van der Waals surface area contributed by atoms with Crippen molar-refractivity contribution in [1.29, 1.82) is 0 Å². The number of rotatable bonds is 47. The van der Waals surface area contributed by atoms with Gasteiger partial charge in [0.1, 0.15) is 13.2 Å². The summed E-state index contributed by atoms with van der Waals surface area (Å²) in [4.78, 5) is 37.2. The molecule has 9 heteroatoms. The Morgan fingerprint density at radius 2 is 0.885 bits per heavy atom. The van der Waals surface area contributed by atoms with Crippen LogP contribution < -0.4 is 0 Å². The molecule has 9 nitrogen and oxygen atoms in total. The minimum atomic E-state index is -1.51. The molecule has 0 aromatic heterocycles. The highest BCUT2D eigenvalue weighted by Gasteiger charge is 2.25. The van der Waals surface area contributed by atoms with E-state index in [1.54, 1.807) is 0 Å². The zero-order chi connectivity index (χ0) is 44.9. The zero-order valence-corrected chi connectivity index (χ0v) is 40.6. The second-order valence-electron chi connectivity index (χ2n) is 18.5. The van der Waals surface area contributed by atoms with Gasteiger partial charge in [-0.05, 0) is 44.9 Å². The summed E-state index contributed by atoms with van der Waals surface area (Å²) in [6.45, 7) is 4.88. The lowest BCUT2D eigenvalue weighted by Crippen LogP contribution is -2.40. The van der Waals surface area contributed by atoms with Gasteiger partial charge in [0.25, 0.3) is 6.29 Å². The molecular weight excluding hydrogens is 767 g/mol. The Morgan fingerprint density at radius 3 is 1.30 bits per heavy atom. The van der Waals surface area contributed by atoms with Crippen LogP contribution in [-0.4, -0.2) is 87.4 Å². The average Bonchev–Trinajstić information content (AvgIpc) is 3.22. The second kappa shape index (κ2) is 44.4. The number of likely N-dealkylation sites (N-methyl/N-ethyl adjacent to an activating group) is 1. The zero-order valence-electron chi connectivity index (χ0n) is 40.6. The number of carbonyl (C=O) groups is 3. The average molecular weight is 865 g/mol. The van der Waals surface area contributed by atoms with Crippen LogP contribution in [0.25, 0.3) is 0 Å². The Bertz CT molecular complexity index is 1050. The molecule has 1 N–H and O–H groups in total. The van der Waals surface area contributed by atoms with Gasteiger partial charge in [-0.15, -0.1) is 0 Å². The molecule has 0 aliphatic heterocycles. The molecule has 0 rings (SSSR count). The fourth-order valence-corrected chi connectivity index (χ4v) is 7.22. The number of carboxylic acid groups (broad SMARTS) is 1. The summed E-state index contributed by atoms with van der Waals surface area (Å²) < 4.78 is 22.8. The van der Waals surface area contributed by atoms with E-state index in [1.165, 1.54) is 161 Å². The van der Waals surface area contributed by atoms with Crippen LogP contribution in [0.1, 0.15) is 232 Å². The number of carbonyl (C=O) groups excluding carboxylic acids is 2. The number of ether oxygens (including phenoxy) is 4. The molecule has 0 aliphatic carbocycles. The van der Waals surface area contributed by atoms with Gasteiger partial charge in [0.15, 0.2) is 6.10 Å². The number of nitrogens with zero attached hydrogens (tertiary/aromatic N) is 1. The van der Waals surface area contributed by atoms with Gasteiger partial charge < -0.3 is 28.5 Å². The number of allylic oxidation sites excluding steroid dienone is 4. The van der Waals surface area contributed by atoms with Crippen LogP contribution >= 0.6 is 0 Å². The number of unbranched alkanes of at least 4 members (excludes halogenated alkanes) is 28. The number of quaternary nitrogens is 1. The van der Waals surface area contributed by atoms with Crippen molar-refractivity contribution in [1.82, 2.24) is 0 Å². The summed E-state index contributed by atoms with van der Waals surface area (Å²) in [6, 6.07) is 0. The van der Waals surface area contributed by atoms with Crippen LogP contribution in [0.2, 0.25) is 0 Å². The molecule has 358 valence electrons. The number of esters is 2. The molecule has 2 atom stereocenters. The largest absolute Gasteiger partial charge is 0.477 e. The molecule has 0 amide bonds. The first kappa shape index (κ1) is 58.8. The van der Waals surface area contributed by atoms with E-state index in [0.29, 0.717) is 17.4 Å². The Hall–Kier alpha value is -2.23. The van der Waals surface area contributed by atoms with Crippen LogP contribution in [0.15, 0.2) is 24.3 Å². The van der Waals surface area contributed by atoms with Gasteiger partial charge in [0, 0.05) is 12.8 Å². The molecule has 0 spiro atoms. The molecule has 0 heterocycles. The van der Waals surface area contributed by atoms with E-state index in [9.17, 15) is 19.5 Å². The quantitative estimate of drug-likeness (QED) is 0.0212. The minimum absolute atomic E-state index is 0.178. The standard InChI is InChI=1S/C52H97NO8/c1-6-8-10-12-14-16-18-20-21-22-23-24-25-26-27-28-29-31-33-35-37-39-41-43-50(55)61-48(47-60-52(51(56)57)58-45-44-53(3,4)5)46-59-49(54)42-40-38-36-34-32-30-19-17-15-13-11-9-7-2/h18,20,22-23,48,52H,6-17,19,21,24-47H2,1-5H3/p+1/b20-18-,23-22-. The highest BCUT2D eigenvalue weighted by Crippen LogP contribution is 2.16. The Balaban J connectivity index is 4.28. The lowest BCUT2D eigenvalue weighted by atomic mass is 10.0. The predicted octanol–water partition coefficient (Wildman–Crippen LogP) is 14.0. The topological polar surface area (TPSA) is 108 Å². The smallest absolute Gasteiger partial charge is 0.361 e. The summed E-state index contributed by atoms with van der Waals surface area (Å²) in [5, 5.41) is 9.66. The van der Waals surface area contributed by atoms with Gasteiger partial charge in [-0.2, -0.15) is 0 Å². The van der Waals surface area contributed by atoms with E-state index in [4.69, 9.17) is 18.9 Å². The normalized spacial score (nSPS) is 13.0. The van der Waals surface area contributed by atoms with Crippen molar-refractivity contribution in [2.45, 2.75) is 245 Å². The first-order valence-electron chi connectivity index (χ1n) is 25.5. The van der Waals surface area contributed by atoms with E-state index in [2.05, 4.69) is 38.2 Å². The van der Waals surface area contributed by atoms with Gasteiger partial charge >= 0.3 is 17.9 Å². The van der Waals surface area contributed by atoms with Gasteiger partial charge in [0.2, 0.25) is 0 Å². The molecular formula is C52H98NO8+. The van der Waals surface area contributed by atoms with Gasteiger partial charge in [-0.1, -0.05) is 199 Å². The fourth-order valence-electron chi connectivity index (χ4n) is 7.22. The molecule has 2 unspecified atom stereocenters. The molecule has 0 fully saturated rings. The summed E-state index contributed by atoms with van der Waals surface area (Å²) in [6.07, 6.45) is 46.7. The summed E-state index contributed by atoms with van der Waals surface area (Å²) in [7, 11) is 5.96. The van der Waals surface area contributed by atoms with Crippen molar-refractivity contribution in [2.75, 3.05) is 47.5 Å². The van der Waals surface area contributed by atoms with E-state index in [0.717, 1.165) is 44.9 Å². The van der Waals surface area contributed by atoms with E-state index in [-0.39, 0.29) is 32.2 Å². The summed E-state index contributed by atoms with van der Waals surface area (Å²) in [5.41, 5.74) is 0. The fraction of sp³-hybridized carbons (Fsp3) is 0.865. The van der Waals surface area contributed by atoms with Crippen molar-refractivity contribution < 1.29 is 42.9 Å². The number of carboxylic acids is 1. The molecule has 61 heavy (non-hydrogen) atoms. The van der Waals surface area contributed by atoms with Crippen LogP contribution in [0.4, 0.5) is 0 Å². The monoisotopic (exact) mass is 865 g/mol. The van der Waals surface area contributed by atoms with Crippen molar-refractivity contribution in [3.05, 3.63) is 24.3 Å². The Morgan fingerprint density at radius 1 is 0.492 bits per heavy atom. The minimum Gasteiger partial charge on any atom is -0.477 e. The Kier molecular flexibility index (Phi) is 42.8. The first-order chi connectivity index (χ1) is 29.6. The molecule has 0 aliphatic rings. The van der Waals surface area contributed by atoms with Crippen LogP contribution in [0.5, 0.6) is 0 Å². The molecule has 0 aromatic rings. The van der Waals surface area contributed by atoms with Crippen LogP contribution in [-0.2, 0) is 33.3 Å². The highest BCUT2D eigenvalue weighted by atomic mass is 16.7. The lowest BCUT2D eigenvalue weighted by molar-refractivity contribution is -0.870. The molecule has 0 bridgehead atoms. The molecule has 0 saturated heterocycles. The van der Waals surface area contributed by atoms with Crippen molar-refractivity contribution in [2.24, 2.45) is 0 Å². The summed E-state index contributed by atoms with van der Waals surface area (Å²) >= 11 is 0. The third-order valence-corrected chi connectivity index (χ3v) is 11.2. The van der Waals surface area contributed by atoms with Gasteiger partial charge in [-0.25, -0.2) is 4.79 Å². The molecule has 0 radical (unpaired) electrons. The second-order valence-corrected chi connectivity index (χ2v) is 18.5. The highest BCUT2D eigenvalue weighted by molar-refractivity contribution is 5.71. The van der Waals surface area contributed by atoms with Crippen molar-refractivity contribution in [3.8, 4) is 0 Å². The summed E-state index contributed by atoms with van der Waals surface area (Å²) in [5.74, 6) is -2.00. The maximum atomic E-state index is 12.8. The lowest BCUT2D eigenvalue weighted by Gasteiger charge is -2.25.